The minimum absolute atomic E-state index is 0.553. The van der Waals surface area contributed by atoms with Crippen molar-refractivity contribution in [3.63, 3.8) is 0 Å². The van der Waals surface area contributed by atoms with Crippen molar-refractivity contribution in [2.75, 3.05) is 28.4 Å². The summed E-state index contributed by atoms with van der Waals surface area (Å²) >= 11 is 0. The number of hydrogen-bond donors (Lipinski definition) is 2. The third-order valence-corrected chi connectivity index (χ3v) is 3.79. The SMILES string of the molecule is CN=C(NCc1cc(OC)c(OC)c(OC)c1)NCc1cccc(C)n1. The van der Waals surface area contributed by atoms with E-state index in [0.29, 0.717) is 36.3 Å². The summed E-state index contributed by atoms with van der Waals surface area (Å²) in [7, 11) is 6.52. The molecule has 7 nitrogen and oxygen atoms in total. The first kappa shape index (κ1) is 19.4. The molecule has 2 aromatic rings. The van der Waals surface area contributed by atoms with Gasteiger partial charge in [0.05, 0.1) is 33.6 Å². The van der Waals surface area contributed by atoms with Gasteiger partial charge in [0.15, 0.2) is 17.5 Å². The summed E-state index contributed by atoms with van der Waals surface area (Å²) in [6, 6.07) is 9.76. The van der Waals surface area contributed by atoms with Crippen LogP contribution >= 0.6 is 0 Å². The van der Waals surface area contributed by atoms with Crippen LogP contribution in [-0.2, 0) is 13.1 Å². The normalized spacial score (nSPS) is 11.0. The maximum atomic E-state index is 5.38. The summed E-state index contributed by atoms with van der Waals surface area (Å²) in [5.41, 5.74) is 2.93. The molecule has 0 atom stereocenters. The van der Waals surface area contributed by atoms with Crippen LogP contribution in [0.15, 0.2) is 35.3 Å². The van der Waals surface area contributed by atoms with E-state index in [1.54, 1.807) is 28.4 Å². The molecule has 0 bridgehead atoms. The van der Waals surface area contributed by atoms with E-state index in [9.17, 15) is 0 Å². The predicted octanol–water partition coefficient (Wildman–Crippen LogP) is 2.28. The average Bonchev–Trinajstić information content (AvgIpc) is 2.67. The van der Waals surface area contributed by atoms with Crippen LogP contribution in [0.2, 0.25) is 0 Å². The van der Waals surface area contributed by atoms with E-state index in [2.05, 4.69) is 20.6 Å². The standard InChI is InChI=1S/C19H26N4O3/c1-13-7-6-8-15(23-13)12-22-19(20-2)21-11-14-9-16(24-3)18(26-5)17(10-14)25-4/h6-10H,11-12H2,1-5H3,(H2,20,21,22). The van der Waals surface area contributed by atoms with Gasteiger partial charge in [-0.3, -0.25) is 9.98 Å². The van der Waals surface area contributed by atoms with Crippen molar-refractivity contribution in [3.8, 4) is 17.2 Å². The minimum atomic E-state index is 0.553. The molecule has 1 aromatic carbocycles. The van der Waals surface area contributed by atoms with Crippen molar-refractivity contribution in [2.24, 2.45) is 4.99 Å². The fourth-order valence-corrected chi connectivity index (χ4v) is 2.52. The van der Waals surface area contributed by atoms with Crippen LogP contribution in [0.25, 0.3) is 0 Å². The molecule has 26 heavy (non-hydrogen) atoms. The Labute approximate surface area is 154 Å². The van der Waals surface area contributed by atoms with Crippen molar-refractivity contribution in [2.45, 2.75) is 20.0 Å². The van der Waals surface area contributed by atoms with Gasteiger partial charge in [-0.15, -0.1) is 0 Å². The van der Waals surface area contributed by atoms with Gasteiger partial charge in [-0.05, 0) is 36.8 Å². The largest absolute Gasteiger partial charge is 0.493 e. The number of nitrogens with one attached hydrogen (secondary N) is 2. The summed E-state index contributed by atoms with van der Waals surface area (Å²) in [6.45, 7) is 3.12. The lowest BCUT2D eigenvalue weighted by Gasteiger charge is -2.16. The van der Waals surface area contributed by atoms with E-state index in [-0.39, 0.29) is 0 Å². The maximum Gasteiger partial charge on any atom is 0.203 e. The molecule has 0 aliphatic heterocycles. The average molecular weight is 358 g/mol. The first-order valence-corrected chi connectivity index (χ1v) is 8.27. The molecule has 0 aliphatic carbocycles. The molecule has 2 N–H and O–H groups in total. The summed E-state index contributed by atoms with van der Waals surface area (Å²) in [5, 5.41) is 6.52. The minimum Gasteiger partial charge on any atom is -0.493 e. The van der Waals surface area contributed by atoms with E-state index in [0.717, 1.165) is 17.0 Å². The first-order valence-electron chi connectivity index (χ1n) is 8.27. The summed E-state index contributed by atoms with van der Waals surface area (Å²) in [5.74, 6) is 2.50. The van der Waals surface area contributed by atoms with Crippen molar-refractivity contribution >= 4 is 5.96 Å². The molecular formula is C19H26N4O3. The van der Waals surface area contributed by atoms with Gasteiger partial charge in [0.1, 0.15) is 0 Å². The molecule has 0 spiro atoms. The highest BCUT2D eigenvalue weighted by Gasteiger charge is 2.13. The van der Waals surface area contributed by atoms with Crippen molar-refractivity contribution in [1.29, 1.82) is 0 Å². The highest BCUT2D eigenvalue weighted by molar-refractivity contribution is 5.79. The Balaban J connectivity index is 2.01. The number of methoxy groups -OCH3 is 3. The van der Waals surface area contributed by atoms with Crippen molar-refractivity contribution < 1.29 is 14.2 Å². The molecule has 0 unspecified atom stereocenters. The van der Waals surface area contributed by atoms with Gasteiger partial charge in [-0.1, -0.05) is 6.07 Å². The topological polar surface area (TPSA) is 77.0 Å². The molecule has 0 aliphatic rings. The fourth-order valence-electron chi connectivity index (χ4n) is 2.52. The lowest BCUT2D eigenvalue weighted by molar-refractivity contribution is 0.323. The number of hydrogen-bond acceptors (Lipinski definition) is 5. The predicted molar refractivity (Wildman–Crippen MR) is 102 cm³/mol. The molecule has 2 rings (SSSR count). The van der Waals surface area contributed by atoms with Gasteiger partial charge in [-0.25, -0.2) is 0 Å². The zero-order valence-corrected chi connectivity index (χ0v) is 15.9. The summed E-state index contributed by atoms with van der Waals surface area (Å²) in [4.78, 5) is 8.71. The second-order valence-electron chi connectivity index (χ2n) is 5.58. The van der Waals surface area contributed by atoms with Gasteiger partial charge in [0.25, 0.3) is 0 Å². The summed E-state index contributed by atoms with van der Waals surface area (Å²) in [6.07, 6.45) is 0. The molecule has 0 radical (unpaired) electrons. The number of guanidine groups is 1. The number of pyridine rings is 1. The van der Waals surface area contributed by atoms with E-state index in [4.69, 9.17) is 14.2 Å². The van der Waals surface area contributed by atoms with Gasteiger partial charge in [-0.2, -0.15) is 0 Å². The van der Waals surface area contributed by atoms with Crippen LogP contribution in [0.1, 0.15) is 17.0 Å². The molecule has 7 heteroatoms. The van der Waals surface area contributed by atoms with Gasteiger partial charge in [0, 0.05) is 19.3 Å². The molecular weight excluding hydrogens is 332 g/mol. The van der Waals surface area contributed by atoms with Gasteiger partial charge >= 0.3 is 0 Å². The van der Waals surface area contributed by atoms with Gasteiger partial charge < -0.3 is 24.8 Å². The quantitative estimate of drug-likeness (QED) is 0.584. The lowest BCUT2D eigenvalue weighted by Crippen LogP contribution is -2.36. The zero-order chi connectivity index (χ0) is 18.9. The van der Waals surface area contributed by atoms with Crippen LogP contribution in [0.3, 0.4) is 0 Å². The van der Waals surface area contributed by atoms with Crippen molar-refractivity contribution in [1.82, 2.24) is 15.6 Å². The Morgan fingerprint density at radius 2 is 1.65 bits per heavy atom. The number of benzene rings is 1. The number of nitrogens with zero attached hydrogens (tertiary/aromatic N) is 2. The Hall–Kier alpha value is -2.96. The van der Waals surface area contributed by atoms with E-state index in [1.165, 1.54) is 0 Å². The van der Waals surface area contributed by atoms with E-state index >= 15 is 0 Å². The highest BCUT2D eigenvalue weighted by atomic mass is 16.5. The van der Waals surface area contributed by atoms with E-state index in [1.807, 2.05) is 37.3 Å². The molecule has 0 saturated heterocycles. The van der Waals surface area contributed by atoms with Gasteiger partial charge in [0.2, 0.25) is 5.75 Å². The first-order chi connectivity index (χ1) is 12.6. The van der Waals surface area contributed by atoms with Crippen LogP contribution < -0.4 is 24.8 Å². The third kappa shape index (κ3) is 5.02. The second-order valence-corrected chi connectivity index (χ2v) is 5.58. The molecule has 0 saturated carbocycles. The third-order valence-electron chi connectivity index (χ3n) is 3.79. The fraction of sp³-hybridized carbons (Fsp3) is 0.368. The number of ether oxygens (including phenoxy) is 3. The van der Waals surface area contributed by atoms with Crippen LogP contribution in [0, 0.1) is 6.92 Å². The van der Waals surface area contributed by atoms with Crippen molar-refractivity contribution in [3.05, 3.63) is 47.3 Å². The Bertz CT molecular complexity index is 737. The van der Waals surface area contributed by atoms with E-state index < -0.39 is 0 Å². The Morgan fingerprint density at radius 1 is 1.00 bits per heavy atom. The van der Waals surface area contributed by atoms with Crippen LogP contribution in [-0.4, -0.2) is 39.3 Å². The van der Waals surface area contributed by atoms with Crippen LogP contribution in [0.4, 0.5) is 0 Å². The number of rotatable bonds is 7. The molecule has 0 fully saturated rings. The smallest absolute Gasteiger partial charge is 0.203 e. The Morgan fingerprint density at radius 3 is 2.19 bits per heavy atom. The lowest BCUT2D eigenvalue weighted by atomic mass is 10.2. The molecule has 1 heterocycles. The number of aliphatic imine (C=N–C) groups is 1. The monoisotopic (exact) mass is 358 g/mol. The Kier molecular flexibility index (Phi) is 7.08. The highest BCUT2D eigenvalue weighted by Crippen LogP contribution is 2.38. The molecule has 140 valence electrons. The number of aromatic nitrogens is 1. The zero-order valence-electron chi connectivity index (χ0n) is 15.9. The maximum absolute atomic E-state index is 5.38. The van der Waals surface area contributed by atoms with Crippen LogP contribution in [0.5, 0.6) is 17.2 Å². The molecule has 1 aromatic heterocycles. The molecule has 0 amide bonds. The summed E-state index contributed by atoms with van der Waals surface area (Å²) < 4.78 is 16.1. The second kappa shape index (κ2) is 9.50. The number of aryl methyl sites for hydroxylation is 1.